The van der Waals surface area contributed by atoms with Gasteiger partial charge in [0.05, 0.1) is 12.8 Å². The summed E-state index contributed by atoms with van der Waals surface area (Å²) in [6.45, 7) is 6.53. The molecule has 4 heteroatoms. The number of benzene rings is 1. The molecule has 0 aliphatic rings. The fraction of sp³-hybridized carbons (Fsp3) is 0.312. The maximum Gasteiger partial charge on any atom is 0.350 e. The van der Waals surface area contributed by atoms with Crippen molar-refractivity contribution < 1.29 is 9.53 Å². The lowest BCUT2D eigenvalue weighted by atomic mass is 9.86. The van der Waals surface area contributed by atoms with Gasteiger partial charge in [-0.3, -0.25) is 0 Å². The molecule has 106 valence electrons. The van der Waals surface area contributed by atoms with Gasteiger partial charge in [-0.15, -0.1) is 11.3 Å². The molecule has 0 bridgehead atoms. The summed E-state index contributed by atoms with van der Waals surface area (Å²) in [6.07, 6.45) is 0. The van der Waals surface area contributed by atoms with Crippen molar-refractivity contribution in [3.63, 3.8) is 0 Å². The Morgan fingerprint density at radius 3 is 2.30 bits per heavy atom. The minimum absolute atomic E-state index is 0.121. The van der Waals surface area contributed by atoms with Gasteiger partial charge >= 0.3 is 5.97 Å². The average molecular weight is 289 g/mol. The first-order valence-electron chi connectivity index (χ1n) is 6.41. The summed E-state index contributed by atoms with van der Waals surface area (Å²) in [6, 6.07) is 8.29. The molecule has 0 saturated heterocycles. The van der Waals surface area contributed by atoms with Crippen molar-refractivity contribution in [2.75, 3.05) is 12.8 Å². The van der Waals surface area contributed by atoms with E-state index < -0.39 is 0 Å². The summed E-state index contributed by atoms with van der Waals surface area (Å²) in [5, 5.41) is 1.90. The van der Waals surface area contributed by atoms with Gasteiger partial charge in [-0.25, -0.2) is 4.79 Å². The number of esters is 1. The molecule has 1 aromatic carbocycles. The summed E-state index contributed by atoms with van der Waals surface area (Å²) < 4.78 is 4.72. The van der Waals surface area contributed by atoms with Crippen molar-refractivity contribution in [1.29, 1.82) is 0 Å². The van der Waals surface area contributed by atoms with Crippen LogP contribution in [0.15, 0.2) is 29.6 Å². The third-order valence-corrected chi connectivity index (χ3v) is 4.24. The van der Waals surface area contributed by atoms with Crippen molar-refractivity contribution in [2.24, 2.45) is 0 Å². The van der Waals surface area contributed by atoms with E-state index in [0.717, 1.165) is 11.1 Å². The number of thiophene rings is 1. The van der Waals surface area contributed by atoms with E-state index in [1.165, 1.54) is 24.0 Å². The first-order valence-corrected chi connectivity index (χ1v) is 7.28. The highest BCUT2D eigenvalue weighted by molar-refractivity contribution is 7.13. The quantitative estimate of drug-likeness (QED) is 0.847. The standard InChI is InChI=1S/C16H19NO2S/c1-16(2,3)11-7-5-10(6-8-11)12-9-20-14(13(12)17)15(18)19-4/h5-9H,17H2,1-4H3. The van der Waals surface area contributed by atoms with Gasteiger partial charge in [-0.1, -0.05) is 45.0 Å². The molecule has 2 rings (SSSR count). The van der Waals surface area contributed by atoms with E-state index in [1.807, 2.05) is 17.5 Å². The van der Waals surface area contributed by atoms with E-state index in [9.17, 15) is 4.79 Å². The van der Waals surface area contributed by atoms with Gasteiger partial charge in [0.25, 0.3) is 0 Å². The number of methoxy groups -OCH3 is 1. The molecule has 0 saturated carbocycles. The Hall–Kier alpha value is -1.81. The molecule has 0 unspecified atom stereocenters. The van der Waals surface area contributed by atoms with Crippen molar-refractivity contribution in [3.8, 4) is 11.1 Å². The molecule has 20 heavy (non-hydrogen) atoms. The Morgan fingerprint density at radius 2 is 1.80 bits per heavy atom. The number of nitrogens with two attached hydrogens (primary N) is 1. The zero-order valence-corrected chi connectivity index (χ0v) is 13.0. The molecule has 0 aliphatic heterocycles. The second kappa shape index (κ2) is 5.29. The molecule has 2 aromatic rings. The van der Waals surface area contributed by atoms with Crippen molar-refractivity contribution in [3.05, 3.63) is 40.1 Å². The maximum atomic E-state index is 11.6. The van der Waals surface area contributed by atoms with Crippen LogP contribution in [0.5, 0.6) is 0 Å². The molecule has 0 radical (unpaired) electrons. The predicted molar refractivity (Wildman–Crippen MR) is 84.2 cm³/mol. The maximum absolute atomic E-state index is 11.6. The highest BCUT2D eigenvalue weighted by Crippen LogP contribution is 2.35. The lowest BCUT2D eigenvalue weighted by molar-refractivity contribution is 0.0607. The second-order valence-corrected chi connectivity index (χ2v) is 6.59. The predicted octanol–water partition coefficient (Wildman–Crippen LogP) is 4.08. The topological polar surface area (TPSA) is 52.3 Å². The van der Waals surface area contributed by atoms with Gasteiger partial charge in [0.15, 0.2) is 0 Å². The van der Waals surface area contributed by atoms with E-state index in [2.05, 4.69) is 32.9 Å². The number of hydrogen-bond donors (Lipinski definition) is 1. The van der Waals surface area contributed by atoms with Crippen molar-refractivity contribution in [1.82, 2.24) is 0 Å². The van der Waals surface area contributed by atoms with Crippen LogP contribution < -0.4 is 5.73 Å². The normalized spacial score (nSPS) is 11.4. The van der Waals surface area contributed by atoms with Crippen LogP contribution >= 0.6 is 11.3 Å². The number of ether oxygens (including phenoxy) is 1. The Balaban J connectivity index is 2.38. The first-order chi connectivity index (χ1) is 9.34. The molecule has 1 heterocycles. The van der Waals surface area contributed by atoms with Crippen LogP contribution in [0, 0.1) is 0 Å². The number of hydrogen-bond acceptors (Lipinski definition) is 4. The molecule has 0 aliphatic carbocycles. The van der Waals surface area contributed by atoms with Crippen LogP contribution in [0.1, 0.15) is 36.0 Å². The monoisotopic (exact) mass is 289 g/mol. The van der Waals surface area contributed by atoms with Gasteiger partial charge in [-0.2, -0.15) is 0 Å². The molecule has 2 N–H and O–H groups in total. The van der Waals surface area contributed by atoms with Gasteiger partial charge in [0, 0.05) is 10.9 Å². The molecule has 0 atom stereocenters. The molecule has 0 amide bonds. The summed E-state index contributed by atoms with van der Waals surface area (Å²) in [4.78, 5) is 12.0. The molecule has 0 fully saturated rings. The fourth-order valence-electron chi connectivity index (χ4n) is 1.99. The summed E-state index contributed by atoms with van der Waals surface area (Å²) in [5.74, 6) is -0.384. The molecule has 3 nitrogen and oxygen atoms in total. The van der Waals surface area contributed by atoms with Gasteiger partial charge < -0.3 is 10.5 Å². The smallest absolute Gasteiger partial charge is 0.350 e. The van der Waals surface area contributed by atoms with Crippen LogP contribution in [0.25, 0.3) is 11.1 Å². The highest BCUT2D eigenvalue weighted by atomic mass is 32.1. The second-order valence-electron chi connectivity index (χ2n) is 5.71. The van der Waals surface area contributed by atoms with Gasteiger partial charge in [0.1, 0.15) is 4.88 Å². The van der Waals surface area contributed by atoms with Crippen molar-refractivity contribution in [2.45, 2.75) is 26.2 Å². The Labute approximate surface area is 123 Å². The molecular weight excluding hydrogens is 270 g/mol. The van der Waals surface area contributed by atoms with Crippen LogP contribution in [0.2, 0.25) is 0 Å². The van der Waals surface area contributed by atoms with E-state index in [4.69, 9.17) is 10.5 Å². The third kappa shape index (κ3) is 2.70. The molecular formula is C16H19NO2S. The number of anilines is 1. The number of nitrogen functional groups attached to an aromatic ring is 1. The SMILES string of the molecule is COC(=O)c1scc(-c2ccc(C(C)(C)C)cc2)c1N. The van der Waals surface area contributed by atoms with Crippen LogP contribution in [-0.4, -0.2) is 13.1 Å². The Kier molecular flexibility index (Phi) is 3.86. The summed E-state index contributed by atoms with van der Waals surface area (Å²) >= 11 is 1.31. The number of carbonyl (C=O) groups excluding carboxylic acids is 1. The minimum atomic E-state index is -0.384. The Morgan fingerprint density at radius 1 is 1.20 bits per heavy atom. The summed E-state index contributed by atoms with van der Waals surface area (Å²) in [7, 11) is 1.36. The average Bonchev–Trinajstić information content (AvgIpc) is 2.79. The number of carbonyl (C=O) groups is 1. The minimum Gasteiger partial charge on any atom is -0.465 e. The largest absolute Gasteiger partial charge is 0.465 e. The van der Waals surface area contributed by atoms with E-state index in [0.29, 0.717) is 10.6 Å². The van der Waals surface area contributed by atoms with Gasteiger partial charge in [0.2, 0.25) is 0 Å². The molecule has 1 aromatic heterocycles. The lowest BCUT2D eigenvalue weighted by Gasteiger charge is -2.19. The fourth-order valence-corrected chi connectivity index (χ4v) is 2.91. The van der Waals surface area contributed by atoms with Crippen LogP contribution in [-0.2, 0) is 10.2 Å². The first kappa shape index (κ1) is 14.6. The van der Waals surface area contributed by atoms with Gasteiger partial charge in [-0.05, 0) is 16.5 Å². The zero-order valence-electron chi connectivity index (χ0n) is 12.2. The molecule has 0 spiro atoms. The Bertz CT molecular complexity index is 621. The lowest BCUT2D eigenvalue weighted by Crippen LogP contribution is -2.10. The zero-order chi connectivity index (χ0) is 14.9. The van der Waals surface area contributed by atoms with E-state index in [1.54, 1.807) is 0 Å². The summed E-state index contributed by atoms with van der Waals surface area (Å²) in [5.41, 5.74) is 9.82. The van der Waals surface area contributed by atoms with Crippen molar-refractivity contribution >= 4 is 23.0 Å². The van der Waals surface area contributed by atoms with Crippen LogP contribution in [0.4, 0.5) is 5.69 Å². The van der Waals surface area contributed by atoms with E-state index >= 15 is 0 Å². The third-order valence-electron chi connectivity index (χ3n) is 3.26. The highest BCUT2D eigenvalue weighted by Gasteiger charge is 2.18. The van der Waals surface area contributed by atoms with Crippen LogP contribution in [0.3, 0.4) is 0 Å². The number of rotatable bonds is 2. The van der Waals surface area contributed by atoms with E-state index in [-0.39, 0.29) is 11.4 Å².